The Morgan fingerprint density at radius 3 is 2.82 bits per heavy atom. The van der Waals surface area contributed by atoms with Crippen molar-refractivity contribution in [2.45, 2.75) is 19.8 Å². The number of aryl methyl sites for hydroxylation is 3. The number of oxazole rings is 1. The summed E-state index contributed by atoms with van der Waals surface area (Å²) >= 11 is 3.47. The van der Waals surface area contributed by atoms with Crippen molar-refractivity contribution in [1.29, 1.82) is 0 Å². The predicted octanol–water partition coefficient (Wildman–Crippen LogP) is 3.57. The molecule has 1 aromatic carbocycles. The Morgan fingerprint density at radius 1 is 1.35 bits per heavy atom. The Bertz CT molecular complexity index is 508. The summed E-state index contributed by atoms with van der Waals surface area (Å²) in [6.07, 6.45) is 1.86. The van der Waals surface area contributed by atoms with Crippen LogP contribution in [0.4, 0.5) is 6.01 Å². The normalized spacial score (nSPS) is 10.5. The van der Waals surface area contributed by atoms with Crippen LogP contribution in [0.15, 0.2) is 33.2 Å². The fraction of sp³-hybridized carbons (Fsp3) is 0.308. The maximum absolute atomic E-state index is 5.44. The van der Waals surface area contributed by atoms with Gasteiger partial charge in [-0.15, -0.1) is 0 Å². The largest absolute Gasteiger partial charge is 0.429 e. The molecular formula is C13H15BrN2O. The monoisotopic (exact) mass is 294 g/mol. The van der Waals surface area contributed by atoms with Crippen LogP contribution >= 0.6 is 15.9 Å². The van der Waals surface area contributed by atoms with Gasteiger partial charge in [-0.3, -0.25) is 0 Å². The van der Waals surface area contributed by atoms with Crippen LogP contribution in [-0.2, 0) is 12.8 Å². The first-order valence-corrected chi connectivity index (χ1v) is 6.37. The molecule has 1 N–H and O–H groups in total. The second kappa shape index (κ2) is 5.36. The topological polar surface area (TPSA) is 38.1 Å². The standard InChI is InChI=1S/C13H15BrN2O/c1-9-12(16-13(15-2)17-9)7-6-10-4-3-5-11(14)8-10/h3-5,8H,6-7H2,1-2H3,(H,15,16). The molecular weight excluding hydrogens is 280 g/mol. The number of nitrogens with zero attached hydrogens (tertiary/aromatic N) is 1. The third kappa shape index (κ3) is 3.09. The second-order valence-corrected chi connectivity index (χ2v) is 4.82. The minimum atomic E-state index is 0.590. The summed E-state index contributed by atoms with van der Waals surface area (Å²) in [6.45, 7) is 1.95. The van der Waals surface area contributed by atoms with Crippen molar-refractivity contribution in [3.63, 3.8) is 0 Å². The molecule has 2 aromatic rings. The average Bonchev–Trinajstić information content (AvgIpc) is 2.68. The van der Waals surface area contributed by atoms with E-state index in [0.29, 0.717) is 6.01 Å². The maximum atomic E-state index is 5.44. The Kier molecular flexibility index (Phi) is 3.84. The summed E-state index contributed by atoms with van der Waals surface area (Å²) in [7, 11) is 1.81. The molecule has 0 fully saturated rings. The zero-order valence-electron chi connectivity index (χ0n) is 9.96. The van der Waals surface area contributed by atoms with E-state index >= 15 is 0 Å². The quantitative estimate of drug-likeness (QED) is 0.937. The Balaban J connectivity index is 2.04. The molecule has 3 nitrogen and oxygen atoms in total. The molecule has 17 heavy (non-hydrogen) atoms. The molecule has 0 saturated heterocycles. The van der Waals surface area contributed by atoms with Gasteiger partial charge in [0.05, 0.1) is 5.69 Å². The van der Waals surface area contributed by atoms with E-state index in [0.717, 1.165) is 28.8 Å². The van der Waals surface area contributed by atoms with E-state index in [9.17, 15) is 0 Å². The molecule has 4 heteroatoms. The smallest absolute Gasteiger partial charge is 0.294 e. The zero-order valence-corrected chi connectivity index (χ0v) is 11.5. The van der Waals surface area contributed by atoms with Gasteiger partial charge in [0.25, 0.3) is 6.01 Å². The molecule has 0 aliphatic heterocycles. The second-order valence-electron chi connectivity index (χ2n) is 3.90. The molecule has 0 spiro atoms. The molecule has 0 aliphatic rings. The van der Waals surface area contributed by atoms with E-state index in [4.69, 9.17) is 4.42 Å². The van der Waals surface area contributed by atoms with Crippen molar-refractivity contribution < 1.29 is 4.42 Å². The lowest BCUT2D eigenvalue weighted by atomic mass is 10.1. The molecule has 0 unspecified atom stereocenters. The number of nitrogens with one attached hydrogen (secondary N) is 1. The molecule has 0 atom stereocenters. The highest BCUT2D eigenvalue weighted by Gasteiger charge is 2.08. The molecule has 1 heterocycles. The first-order chi connectivity index (χ1) is 8.19. The van der Waals surface area contributed by atoms with E-state index in [2.05, 4.69) is 38.4 Å². The van der Waals surface area contributed by atoms with Gasteiger partial charge < -0.3 is 9.73 Å². The Hall–Kier alpha value is -1.29. The highest BCUT2D eigenvalue weighted by atomic mass is 79.9. The summed E-state index contributed by atoms with van der Waals surface area (Å²) in [6, 6.07) is 8.93. The van der Waals surface area contributed by atoms with Gasteiger partial charge in [0.1, 0.15) is 5.76 Å². The van der Waals surface area contributed by atoms with Gasteiger partial charge in [-0.05, 0) is 37.5 Å². The van der Waals surface area contributed by atoms with E-state index in [1.807, 2.05) is 26.1 Å². The first-order valence-electron chi connectivity index (χ1n) is 5.57. The van der Waals surface area contributed by atoms with Gasteiger partial charge in [-0.1, -0.05) is 28.1 Å². The van der Waals surface area contributed by atoms with Gasteiger partial charge in [-0.2, -0.15) is 4.98 Å². The molecule has 90 valence electrons. The van der Waals surface area contributed by atoms with Gasteiger partial charge >= 0.3 is 0 Å². The van der Waals surface area contributed by atoms with Crippen LogP contribution in [0.25, 0.3) is 0 Å². The van der Waals surface area contributed by atoms with Crippen LogP contribution in [0.1, 0.15) is 17.0 Å². The lowest BCUT2D eigenvalue weighted by Gasteiger charge is -2.00. The zero-order chi connectivity index (χ0) is 12.3. The minimum Gasteiger partial charge on any atom is -0.429 e. The summed E-state index contributed by atoms with van der Waals surface area (Å²) in [5.41, 5.74) is 2.32. The molecule has 0 radical (unpaired) electrons. The summed E-state index contributed by atoms with van der Waals surface area (Å²) in [5.74, 6) is 0.893. The average molecular weight is 295 g/mol. The minimum absolute atomic E-state index is 0.590. The first kappa shape index (κ1) is 12.2. The molecule has 0 aliphatic carbocycles. The van der Waals surface area contributed by atoms with Crippen LogP contribution in [0.2, 0.25) is 0 Å². The third-order valence-electron chi connectivity index (χ3n) is 2.65. The number of rotatable bonds is 4. The van der Waals surface area contributed by atoms with Crippen molar-refractivity contribution in [3.8, 4) is 0 Å². The van der Waals surface area contributed by atoms with E-state index in [1.165, 1.54) is 5.56 Å². The number of hydrogen-bond donors (Lipinski definition) is 1. The van der Waals surface area contributed by atoms with Crippen molar-refractivity contribution in [3.05, 3.63) is 45.8 Å². The number of hydrogen-bond acceptors (Lipinski definition) is 3. The SMILES string of the molecule is CNc1nc(CCc2cccc(Br)c2)c(C)o1. The fourth-order valence-electron chi connectivity index (χ4n) is 1.72. The highest BCUT2D eigenvalue weighted by molar-refractivity contribution is 9.10. The van der Waals surface area contributed by atoms with E-state index in [1.54, 1.807) is 0 Å². The Morgan fingerprint density at radius 2 is 2.18 bits per heavy atom. The van der Waals surface area contributed by atoms with Crippen LogP contribution in [0, 0.1) is 6.92 Å². The lowest BCUT2D eigenvalue weighted by molar-refractivity contribution is 0.540. The van der Waals surface area contributed by atoms with Gasteiger partial charge in [-0.25, -0.2) is 0 Å². The molecule has 0 amide bonds. The van der Waals surface area contributed by atoms with Gasteiger partial charge in [0.15, 0.2) is 0 Å². The van der Waals surface area contributed by atoms with Crippen LogP contribution in [0.5, 0.6) is 0 Å². The van der Waals surface area contributed by atoms with Crippen molar-refractivity contribution in [2.75, 3.05) is 12.4 Å². The highest BCUT2D eigenvalue weighted by Crippen LogP contribution is 2.17. The van der Waals surface area contributed by atoms with Crippen LogP contribution in [0.3, 0.4) is 0 Å². The third-order valence-corrected chi connectivity index (χ3v) is 3.14. The summed E-state index contributed by atoms with van der Waals surface area (Å²) in [4.78, 5) is 4.38. The molecule has 0 saturated carbocycles. The maximum Gasteiger partial charge on any atom is 0.294 e. The predicted molar refractivity (Wildman–Crippen MR) is 72.3 cm³/mol. The Labute approximate surface area is 109 Å². The van der Waals surface area contributed by atoms with E-state index < -0.39 is 0 Å². The van der Waals surface area contributed by atoms with Crippen molar-refractivity contribution in [2.24, 2.45) is 0 Å². The van der Waals surface area contributed by atoms with Crippen LogP contribution in [-0.4, -0.2) is 12.0 Å². The fourth-order valence-corrected chi connectivity index (χ4v) is 2.17. The molecule has 2 rings (SSSR count). The number of benzene rings is 1. The van der Waals surface area contributed by atoms with Gasteiger partial charge in [0.2, 0.25) is 0 Å². The number of halogens is 1. The number of aromatic nitrogens is 1. The molecule has 0 bridgehead atoms. The number of anilines is 1. The summed E-state index contributed by atoms with van der Waals surface area (Å²) < 4.78 is 6.56. The lowest BCUT2D eigenvalue weighted by Crippen LogP contribution is -1.94. The summed E-state index contributed by atoms with van der Waals surface area (Å²) in [5, 5.41) is 2.91. The van der Waals surface area contributed by atoms with Crippen molar-refractivity contribution >= 4 is 21.9 Å². The molecule has 1 aromatic heterocycles. The van der Waals surface area contributed by atoms with Gasteiger partial charge in [0, 0.05) is 11.5 Å². The van der Waals surface area contributed by atoms with Crippen molar-refractivity contribution in [1.82, 2.24) is 4.98 Å². The van der Waals surface area contributed by atoms with E-state index in [-0.39, 0.29) is 0 Å². The van der Waals surface area contributed by atoms with Crippen LogP contribution < -0.4 is 5.32 Å².